The third-order valence-corrected chi connectivity index (χ3v) is 4.47. The lowest BCUT2D eigenvalue weighted by Gasteiger charge is -2.46. The van der Waals surface area contributed by atoms with Crippen LogP contribution in [0.5, 0.6) is 0 Å². The largest absolute Gasteiger partial charge is 0.301 e. The quantitative estimate of drug-likeness (QED) is 0.690. The lowest BCUT2D eigenvalue weighted by atomic mass is 9.87. The molecule has 0 N–H and O–H groups in total. The Hall–Kier alpha value is -0.0800. The molecule has 2 aliphatic heterocycles. The first-order valence-corrected chi connectivity index (χ1v) is 6.61. The maximum absolute atomic E-state index is 2.74. The van der Waals surface area contributed by atoms with Gasteiger partial charge in [0.05, 0.1) is 0 Å². The summed E-state index contributed by atoms with van der Waals surface area (Å²) in [5.74, 6) is 0. The molecular formula is C13H26N2. The Morgan fingerprint density at radius 2 is 1.47 bits per heavy atom. The fourth-order valence-electron chi connectivity index (χ4n) is 3.10. The van der Waals surface area contributed by atoms with Crippen molar-refractivity contribution >= 4 is 0 Å². The van der Waals surface area contributed by atoms with Crippen molar-refractivity contribution in [2.75, 3.05) is 26.2 Å². The van der Waals surface area contributed by atoms with Crippen molar-refractivity contribution in [1.82, 2.24) is 9.80 Å². The molecule has 88 valence electrons. The summed E-state index contributed by atoms with van der Waals surface area (Å²) in [5.41, 5.74) is 0.516. The second kappa shape index (κ2) is 4.42. The van der Waals surface area contributed by atoms with Gasteiger partial charge in [0.15, 0.2) is 0 Å². The highest BCUT2D eigenvalue weighted by atomic mass is 15.2. The smallest absolute Gasteiger partial charge is 0.0205 e. The fraction of sp³-hybridized carbons (Fsp3) is 1.00. The van der Waals surface area contributed by atoms with Gasteiger partial charge in [-0.05, 0) is 59.5 Å². The molecular weight excluding hydrogens is 184 g/mol. The number of hydrogen-bond acceptors (Lipinski definition) is 2. The van der Waals surface area contributed by atoms with Crippen molar-refractivity contribution in [3.05, 3.63) is 0 Å². The van der Waals surface area contributed by atoms with E-state index in [4.69, 9.17) is 0 Å². The number of hydrogen-bond donors (Lipinski definition) is 0. The summed E-state index contributed by atoms with van der Waals surface area (Å²) in [5, 5.41) is 0. The predicted octanol–water partition coefficient (Wildman–Crippen LogP) is 2.35. The summed E-state index contributed by atoms with van der Waals surface area (Å²) in [6.07, 6.45) is 5.57. The lowest BCUT2D eigenvalue weighted by molar-refractivity contribution is 0.0402. The standard InChI is InChI=1S/C13H26N2/c1-12(2)14-10-6-13(3,7-11-14)15-8-4-5-9-15/h12H,4-11H2,1-3H3. The first-order chi connectivity index (χ1) is 7.12. The van der Waals surface area contributed by atoms with Gasteiger partial charge >= 0.3 is 0 Å². The molecule has 0 spiro atoms. The summed E-state index contributed by atoms with van der Waals surface area (Å²) in [6, 6.07) is 0.730. The third-order valence-electron chi connectivity index (χ3n) is 4.47. The Bertz CT molecular complexity index is 199. The van der Waals surface area contributed by atoms with Crippen LogP contribution in [0.4, 0.5) is 0 Å². The minimum Gasteiger partial charge on any atom is -0.301 e. The van der Waals surface area contributed by atoms with Crippen LogP contribution in [-0.2, 0) is 0 Å². The van der Waals surface area contributed by atoms with Gasteiger partial charge in [0, 0.05) is 24.7 Å². The zero-order chi connectivity index (χ0) is 10.9. The molecule has 2 rings (SSSR count). The molecule has 0 aliphatic carbocycles. The van der Waals surface area contributed by atoms with Gasteiger partial charge in [0.2, 0.25) is 0 Å². The molecule has 2 saturated heterocycles. The van der Waals surface area contributed by atoms with Gasteiger partial charge in [-0.3, -0.25) is 4.90 Å². The molecule has 0 bridgehead atoms. The second-order valence-electron chi connectivity index (χ2n) is 5.82. The first kappa shape index (κ1) is 11.4. The Labute approximate surface area is 94.6 Å². The van der Waals surface area contributed by atoms with Crippen LogP contribution in [-0.4, -0.2) is 47.6 Å². The van der Waals surface area contributed by atoms with Crippen molar-refractivity contribution in [2.24, 2.45) is 0 Å². The molecule has 2 fully saturated rings. The van der Waals surface area contributed by atoms with Crippen LogP contribution in [0.2, 0.25) is 0 Å². The zero-order valence-corrected chi connectivity index (χ0v) is 10.6. The van der Waals surface area contributed by atoms with Crippen LogP contribution in [0.25, 0.3) is 0 Å². The Morgan fingerprint density at radius 1 is 0.933 bits per heavy atom. The fourth-order valence-corrected chi connectivity index (χ4v) is 3.10. The van der Waals surface area contributed by atoms with E-state index in [1.807, 2.05) is 0 Å². The first-order valence-electron chi connectivity index (χ1n) is 6.61. The second-order valence-corrected chi connectivity index (χ2v) is 5.82. The molecule has 0 aromatic carbocycles. The van der Waals surface area contributed by atoms with Crippen LogP contribution >= 0.6 is 0 Å². The lowest BCUT2D eigenvalue weighted by Crippen LogP contribution is -2.53. The van der Waals surface area contributed by atoms with E-state index in [0.29, 0.717) is 5.54 Å². The van der Waals surface area contributed by atoms with E-state index in [1.54, 1.807) is 0 Å². The Morgan fingerprint density at radius 3 is 1.93 bits per heavy atom. The highest BCUT2D eigenvalue weighted by Gasteiger charge is 2.36. The molecule has 15 heavy (non-hydrogen) atoms. The topological polar surface area (TPSA) is 6.48 Å². The van der Waals surface area contributed by atoms with Crippen molar-refractivity contribution in [3.63, 3.8) is 0 Å². The summed E-state index contributed by atoms with van der Waals surface area (Å²) in [7, 11) is 0. The number of rotatable bonds is 2. The molecule has 2 nitrogen and oxygen atoms in total. The van der Waals surface area contributed by atoms with E-state index >= 15 is 0 Å². The van der Waals surface area contributed by atoms with Gasteiger partial charge in [-0.2, -0.15) is 0 Å². The minimum atomic E-state index is 0.516. The number of likely N-dealkylation sites (tertiary alicyclic amines) is 2. The monoisotopic (exact) mass is 210 g/mol. The summed E-state index contributed by atoms with van der Waals surface area (Å²) >= 11 is 0. The average molecular weight is 210 g/mol. The van der Waals surface area contributed by atoms with Gasteiger partial charge in [-0.15, -0.1) is 0 Å². The molecule has 0 aromatic rings. The van der Waals surface area contributed by atoms with Gasteiger partial charge in [0.1, 0.15) is 0 Å². The van der Waals surface area contributed by atoms with Gasteiger partial charge in [0.25, 0.3) is 0 Å². The van der Waals surface area contributed by atoms with Crippen LogP contribution < -0.4 is 0 Å². The van der Waals surface area contributed by atoms with Crippen LogP contribution in [0.1, 0.15) is 46.5 Å². The highest BCUT2D eigenvalue weighted by molar-refractivity contribution is 4.93. The van der Waals surface area contributed by atoms with Crippen molar-refractivity contribution in [1.29, 1.82) is 0 Å². The molecule has 0 saturated carbocycles. The molecule has 0 unspecified atom stereocenters. The Balaban J connectivity index is 1.90. The zero-order valence-electron chi connectivity index (χ0n) is 10.6. The van der Waals surface area contributed by atoms with E-state index < -0.39 is 0 Å². The minimum absolute atomic E-state index is 0.516. The van der Waals surface area contributed by atoms with E-state index in [2.05, 4.69) is 30.6 Å². The van der Waals surface area contributed by atoms with Crippen LogP contribution in [0, 0.1) is 0 Å². The summed E-state index contributed by atoms with van der Waals surface area (Å²) < 4.78 is 0. The Kier molecular flexibility index (Phi) is 3.36. The maximum atomic E-state index is 2.74. The molecule has 2 aliphatic rings. The normalized spacial score (nSPS) is 28.8. The van der Waals surface area contributed by atoms with Gasteiger partial charge in [-0.1, -0.05) is 0 Å². The van der Waals surface area contributed by atoms with Gasteiger partial charge < -0.3 is 4.90 Å². The molecule has 2 heterocycles. The van der Waals surface area contributed by atoms with E-state index in [0.717, 1.165) is 6.04 Å². The van der Waals surface area contributed by atoms with Crippen molar-refractivity contribution in [3.8, 4) is 0 Å². The number of nitrogens with zero attached hydrogens (tertiary/aromatic N) is 2. The van der Waals surface area contributed by atoms with Crippen LogP contribution in [0.15, 0.2) is 0 Å². The molecule has 0 amide bonds. The van der Waals surface area contributed by atoms with E-state index in [-0.39, 0.29) is 0 Å². The van der Waals surface area contributed by atoms with E-state index in [1.165, 1.54) is 51.9 Å². The van der Waals surface area contributed by atoms with E-state index in [9.17, 15) is 0 Å². The third kappa shape index (κ3) is 2.36. The highest BCUT2D eigenvalue weighted by Crippen LogP contribution is 2.31. The van der Waals surface area contributed by atoms with Gasteiger partial charge in [-0.25, -0.2) is 0 Å². The molecule has 0 atom stereocenters. The summed E-state index contributed by atoms with van der Waals surface area (Å²) in [6.45, 7) is 12.4. The van der Waals surface area contributed by atoms with Crippen LogP contribution in [0.3, 0.4) is 0 Å². The molecule has 0 radical (unpaired) electrons. The number of piperidine rings is 1. The summed E-state index contributed by atoms with van der Waals surface area (Å²) in [4.78, 5) is 5.36. The molecule has 0 aromatic heterocycles. The average Bonchev–Trinajstić information content (AvgIpc) is 2.71. The maximum Gasteiger partial charge on any atom is 0.0205 e. The van der Waals surface area contributed by atoms with Crippen molar-refractivity contribution in [2.45, 2.75) is 58.0 Å². The van der Waals surface area contributed by atoms with Crippen molar-refractivity contribution < 1.29 is 0 Å². The SMILES string of the molecule is CC(C)N1CCC(C)(N2CCCC2)CC1. The molecule has 2 heteroatoms. The predicted molar refractivity (Wildman–Crippen MR) is 65.2 cm³/mol.